The molecule has 3 unspecified atom stereocenters. The van der Waals surface area contributed by atoms with Crippen LogP contribution in [-0.4, -0.2) is 89.4 Å². The maximum atomic E-state index is 13.5. The number of amides is 3. The van der Waals surface area contributed by atoms with Gasteiger partial charge in [-0.3, -0.25) is 29.4 Å². The lowest BCUT2D eigenvalue weighted by Crippen LogP contribution is -2.74. The van der Waals surface area contributed by atoms with Crippen molar-refractivity contribution >= 4 is 51.5 Å². The molecule has 0 spiro atoms. The van der Waals surface area contributed by atoms with E-state index in [1.54, 1.807) is 24.4 Å². The molecule has 4 aliphatic heterocycles. The molecule has 13 nitrogen and oxygen atoms in total. The second-order valence-electron chi connectivity index (χ2n) is 18.6. The lowest BCUT2D eigenvalue weighted by molar-refractivity contribution is -0.164. The van der Waals surface area contributed by atoms with Crippen molar-refractivity contribution in [2.75, 3.05) is 42.5 Å². The maximum Gasteiger partial charge on any atom is 0.275 e. The number of halogens is 1. The van der Waals surface area contributed by atoms with Crippen molar-refractivity contribution in [2.45, 2.75) is 90.1 Å². The third-order valence-electron chi connectivity index (χ3n) is 14.0. The summed E-state index contributed by atoms with van der Waals surface area (Å²) in [6, 6.07) is 21.1. The van der Waals surface area contributed by atoms with E-state index < -0.39 is 11.9 Å². The smallest absolute Gasteiger partial charge is 0.275 e. The number of piperazine rings is 1. The summed E-state index contributed by atoms with van der Waals surface area (Å²) in [5.41, 5.74) is 2.27. The van der Waals surface area contributed by atoms with Gasteiger partial charge >= 0.3 is 0 Å². The zero-order valence-corrected chi connectivity index (χ0v) is 35.2. The van der Waals surface area contributed by atoms with E-state index in [9.17, 15) is 24.4 Å². The number of piperidine rings is 2. The number of nitrogens with one attached hydrogen (secondary N) is 2. The highest BCUT2D eigenvalue weighted by Crippen LogP contribution is 2.55. The van der Waals surface area contributed by atoms with Gasteiger partial charge in [-0.15, -0.1) is 0 Å². The Morgan fingerprint density at radius 1 is 0.950 bits per heavy atom. The number of carbonyl (C=O) groups is 3. The van der Waals surface area contributed by atoms with Crippen LogP contribution in [0.3, 0.4) is 0 Å². The number of hydrogen-bond acceptors (Lipinski definition) is 10. The predicted molar refractivity (Wildman–Crippen MR) is 229 cm³/mol. The van der Waals surface area contributed by atoms with Gasteiger partial charge in [0.25, 0.3) is 17.4 Å². The number of benzene rings is 3. The molecule has 3 aromatic carbocycles. The number of nitrogens with zero attached hydrogens (tertiary/aromatic N) is 6. The standard InChI is InChI=1S/C46H51ClN8O5/c1-45(2)43(46(3,4)44(45)60-35-11-7-29(22-48)37(47)21-35)51-40(57)28-5-8-31(9-6-28)52-17-15-27(16-18-52)24-53-25-34-20-33(53)26-54(34)32-10-12-36-30(19-32)23-49-55(42(36)59)38-13-14-39(56)50-41(38)58/h5-12,19,21,23,27,33-34,38,43-44H,13-18,20,24-26H2,1-4H3,(H,51,57)(H,50,56,58). The Balaban J connectivity index is 0.750. The Bertz CT molecular complexity index is 2460. The zero-order chi connectivity index (χ0) is 42.1. The summed E-state index contributed by atoms with van der Waals surface area (Å²) < 4.78 is 7.61. The van der Waals surface area contributed by atoms with Crippen molar-refractivity contribution in [3.05, 3.63) is 93.4 Å². The van der Waals surface area contributed by atoms with Crippen molar-refractivity contribution in [3.8, 4) is 11.8 Å². The van der Waals surface area contributed by atoms with Crippen LogP contribution in [0.2, 0.25) is 5.02 Å². The van der Waals surface area contributed by atoms with Crippen molar-refractivity contribution in [2.24, 2.45) is 16.7 Å². The lowest BCUT2D eigenvalue weighted by atomic mass is 9.49. The van der Waals surface area contributed by atoms with E-state index in [0.29, 0.717) is 45.3 Å². The number of rotatable bonds is 9. The van der Waals surface area contributed by atoms with Gasteiger partial charge in [0.05, 0.1) is 22.2 Å². The quantitative estimate of drug-likeness (QED) is 0.201. The number of carbonyl (C=O) groups excluding carboxylic acids is 3. The molecule has 1 aliphatic carbocycles. The Morgan fingerprint density at radius 2 is 1.68 bits per heavy atom. The molecule has 312 valence electrons. The highest BCUT2D eigenvalue weighted by atomic mass is 35.5. The van der Waals surface area contributed by atoms with Crippen LogP contribution >= 0.6 is 11.6 Å². The van der Waals surface area contributed by atoms with Gasteiger partial charge in [-0.2, -0.15) is 10.4 Å². The van der Waals surface area contributed by atoms with Crippen LogP contribution in [0, 0.1) is 28.1 Å². The van der Waals surface area contributed by atoms with Gasteiger partial charge in [0.15, 0.2) is 0 Å². The number of hydrogen-bond donors (Lipinski definition) is 2. The summed E-state index contributed by atoms with van der Waals surface area (Å²) in [5.74, 6) is 0.334. The number of nitriles is 1. The lowest BCUT2D eigenvalue weighted by Gasteiger charge is -2.63. The van der Waals surface area contributed by atoms with Crippen LogP contribution < -0.4 is 30.7 Å². The SMILES string of the molecule is CC1(C)C(NC(=O)c2ccc(N3CCC(CN4CC5CC4CN5c4ccc5c(=O)n(C6CCC(=O)NC6=O)ncc5c4)CC3)cc2)C(C)(C)C1Oc1ccc(C#N)c(Cl)c1. The fourth-order valence-electron chi connectivity index (χ4n) is 11.1. The summed E-state index contributed by atoms with van der Waals surface area (Å²) in [4.78, 5) is 58.4. The van der Waals surface area contributed by atoms with Crippen LogP contribution in [0.1, 0.15) is 81.8 Å². The third-order valence-corrected chi connectivity index (χ3v) is 14.3. The molecule has 0 radical (unpaired) electrons. The first-order valence-electron chi connectivity index (χ1n) is 21.1. The van der Waals surface area contributed by atoms with E-state index in [-0.39, 0.29) is 53.2 Å². The largest absolute Gasteiger partial charge is 0.489 e. The third kappa shape index (κ3) is 7.07. The van der Waals surface area contributed by atoms with Crippen molar-refractivity contribution < 1.29 is 19.1 Å². The van der Waals surface area contributed by atoms with E-state index in [1.165, 1.54) is 4.68 Å². The Labute approximate surface area is 354 Å². The molecular formula is C46H51ClN8O5. The van der Waals surface area contributed by atoms with E-state index in [4.69, 9.17) is 16.3 Å². The summed E-state index contributed by atoms with van der Waals surface area (Å²) in [6.45, 7) is 13.5. The monoisotopic (exact) mass is 830 g/mol. The van der Waals surface area contributed by atoms with Gasteiger partial charge in [-0.25, -0.2) is 4.68 Å². The van der Waals surface area contributed by atoms with Crippen LogP contribution in [0.4, 0.5) is 11.4 Å². The van der Waals surface area contributed by atoms with E-state index in [1.807, 2.05) is 30.3 Å². The van der Waals surface area contributed by atoms with Gasteiger partial charge in [0.1, 0.15) is 24.0 Å². The number of fused-ring (bicyclic) bond motifs is 3. The van der Waals surface area contributed by atoms with Crippen LogP contribution in [0.25, 0.3) is 10.8 Å². The average molecular weight is 831 g/mol. The van der Waals surface area contributed by atoms with Gasteiger partial charge in [0, 0.05) is 96.5 Å². The van der Waals surface area contributed by atoms with Crippen LogP contribution in [0.15, 0.2) is 71.7 Å². The molecule has 3 amide bonds. The minimum Gasteiger partial charge on any atom is -0.489 e. The molecule has 3 atom stereocenters. The molecule has 5 heterocycles. The summed E-state index contributed by atoms with van der Waals surface area (Å²) >= 11 is 6.26. The molecule has 5 aliphatic rings. The molecule has 9 rings (SSSR count). The van der Waals surface area contributed by atoms with Crippen LogP contribution in [-0.2, 0) is 9.59 Å². The van der Waals surface area contributed by atoms with Gasteiger partial charge in [-0.1, -0.05) is 39.3 Å². The minimum absolute atomic E-state index is 0.0984. The molecule has 2 bridgehead atoms. The second kappa shape index (κ2) is 15.2. The van der Waals surface area contributed by atoms with Gasteiger partial charge < -0.3 is 19.9 Å². The number of imide groups is 1. The van der Waals surface area contributed by atoms with Gasteiger partial charge in [-0.05, 0) is 86.2 Å². The van der Waals surface area contributed by atoms with Crippen molar-refractivity contribution in [1.82, 2.24) is 25.3 Å². The molecule has 60 heavy (non-hydrogen) atoms. The van der Waals surface area contributed by atoms with E-state index in [0.717, 1.165) is 68.7 Å². The summed E-state index contributed by atoms with van der Waals surface area (Å²) in [7, 11) is 0. The fourth-order valence-corrected chi connectivity index (χ4v) is 11.3. The number of anilines is 2. The predicted octanol–water partition coefficient (Wildman–Crippen LogP) is 5.69. The molecule has 14 heteroatoms. The number of likely N-dealkylation sites (tertiary alicyclic amines) is 1. The summed E-state index contributed by atoms with van der Waals surface area (Å²) in [6.07, 6.45) is 5.31. The first-order chi connectivity index (χ1) is 28.7. The van der Waals surface area contributed by atoms with Crippen molar-refractivity contribution in [1.29, 1.82) is 5.26 Å². The molecule has 1 saturated carbocycles. The first-order valence-corrected chi connectivity index (χ1v) is 21.5. The number of ether oxygens (including phenoxy) is 1. The topological polar surface area (TPSA) is 153 Å². The maximum absolute atomic E-state index is 13.5. The zero-order valence-electron chi connectivity index (χ0n) is 34.5. The Kier molecular flexibility index (Phi) is 10.1. The van der Waals surface area contributed by atoms with E-state index in [2.05, 4.69) is 76.3 Å². The first kappa shape index (κ1) is 40.0. The highest BCUT2D eigenvalue weighted by Gasteiger charge is 2.64. The minimum atomic E-state index is -0.779. The molecule has 4 saturated heterocycles. The van der Waals surface area contributed by atoms with Crippen LogP contribution in [0.5, 0.6) is 5.75 Å². The normalized spacial score (nSPS) is 26.1. The van der Waals surface area contributed by atoms with Gasteiger partial charge in [0.2, 0.25) is 5.91 Å². The average Bonchev–Trinajstić information content (AvgIpc) is 3.84. The van der Waals surface area contributed by atoms with Crippen molar-refractivity contribution in [3.63, 3.8) is 0 Å². The molecular weight excluding hydrogens is 780 g/mol. The summed E-state index contributed by atoms with van der Waals surface area (Å²) in [5, 5.41) is 20.8. The Hall–Kier alpha value is -5.45. The van der Waals surface area contributed by atoms with E-state index >= 15 is 0 Å². The molecule has 1 aromatic heterocycles. The highest BCUT2D eigenvalue weighted by molar-refractivity contribution is 6.31. The second-order valence-corrected chi connectivity index (χ2v) is 19.0. The molecule has 2 N–H and O–H groups in total. The Morgan fingerprint density at radius 3 is 2.35 bits per heavy atom. The molecule has 5 fully saturated rings. The number of aromatic nitrogens is 2. The molecule has 4 aromatic rings. The fraction of sp³-hybridized carbons (Fsp3) is 0.478.